The maximum Gasteiger partial charge on any atom is 0.480 e. The number of allylic oxidation sites excluding steroid dienone is 1. The van der Waals surface area contributed by atoms with Gasteiger partial charge in [0.15, 0.2) is 31.9 Å². The molecule has 0 aliphatic rings. The Morgan fingerprint density at radius 2 is 1.34 bits per heavy atom. The Morgan fingerprint density at radius 1 is 0.792 bits per heavy atom. The van der Waals surface area contributed by atoms with E-state index in [2.05, 4.69) is 53.8 Å². The minimum absolute atomic E-state index is 0.351. The van der Waals surface area contributed by atoms with Gasteiger partial charge in [-0.05, 0) is 57.2 Å². The zero-order valence-electron chi connectivity index (χ0n) is 30.9. The van der Waals surface area contributed by atoms with E-state index < -0.39 is 36.6 Å². The van der Waals surface area contributed by atoms with E-state index in [9.17, 15) is 48.0 Å². The van der Waals surface area contributed by atoms with Crippen LogP contribution in [0.3, 0.4) is 0 Å². The Hall–Kier alpha value is -3.18. The lowest BCUT2D eigenvalue weighted by Gasteiger charge is -2.27. The zero-order chi connectivity index (χ0) is 40.3. The predicted octanol–water partition coefficient (Wildman–Crippen LogP) is 9.97. The second-order valence-corrected chi connectivity index (χ2v) is 16.6. The fourth-order valence-electron chi connectivity index (χ4n) is 5.05. The van der Waals surface area contributed by atoms with Gasteiger partial charge in [-0.2, -0.15) is 26.3 Å². The van der Waals surface area contributed by atoms with Gasteiger partial charge in [0, 0.05) is 25.0 Å². The van der Waals surface area contributed by atoms with Crippen LogP contribution < -0.4 is 9.88 Å². The average Bonchev–Trinajstić information content (AvgIpc) is 3.05. The van der Waals surface area contributed by atoms with E-state index in [0.29, 0.717) is 6.61 Å². The summed E-state index contributed by atoms with van der Waals surface area (Å²) in [5, 5.41) is 3.01. The lowest BCUT2D eigenvalue weighted by molar-refractivity contribution is -0.704. The predicted molar refractivity (Wildman–Crippen MR) is 193 cm³/mol. The molecule has 0 radical (unpaired) electrons. The van der Waals surface area contributed by atoms with Gasteiger partial charge in [0.25, 0.3) is 0 Å². The number of amides is 1. The van der Waals surface area contributed by atoms with Crippen molar-refractivity contribution in [3.63, 3.8) is 0 Å². The first-order valence-electron chi connectivity index (χ1n) is 17.6. The molecule has 1 N–H and O–H groups in total. The standard InChI is InChI=1S/C34H52N2O2.C2F6NO4S2/c1-6-7-8-15-23-32-24-16-18-26-36(32)25-17-13-11-9-10-12-14-19-27-38-33(37)35-34(4,5)31-22-20-21-30(28-31)29(2)3;3-1(4,5)14(10,11)9-15(12,13)2(6,7)8/h16,18,20-22,24,26,28H,2,6-15,17,19,23,25,27H2,1,3-5H3;/q;-1/p+1. The number of carbonyl (C=O) groups excluding carboxylic acids is 1. The Labute approximate surface area is 310 Å². The molecule has 17 heteroatoms. The third-order valence-corrected chi connectivity index (χ3v) is 10.9. The number of nitrogens with zero attached hydrogens (tertiary/aromatic N) is 2. The van der Waals surface area contributed by atoms with Crippen molar-refractivity contribution in [3.05, 3.63) is 76.2 Å². The number of sulfonamides is 2. The molecule has 0 unspecified atom stereocenters. The molecule has 0 aliphatic carbocycles. The molecule has 0 aliphatic heterocycles. The molecule has 9 nitrogen and oxygen atoms in total. The lowest BCUT2D eigenvalue weighted by atomic mass is 9.92. The summed E-state index contributed by atoms with van der Waals surface area (Å²) < 4.78 is 117. The molecule has 2 aromatic rings. The molecule has 0 spiro atoms. The van der Waals surface area contributed by atoms with E-state index in [0.717, 1.165) is 40.2 Å². The monoisotopic (exact) mass is 801 g/mol. The average molecular weight is 802 g/mol. The molecule has 0 bridgehead atoms. The SMILES string of the molecule is C=C(C)c1cccc(C(C)(C)NC(=O)OCCCCCCCCCC[n+]2ccccc2CCCCCC)c1.O=S(=O)([N-]S(=O)(=O)C(F)(F)F)C(F)(F)F. The molecule has 1 heterocycles. The fourth-order valence-corrected chi connectivity index (χ4v) is 6.76. The third-order valence-electron chi connectivity index (χ3n) is 8.12. The highest BCUT2D eigenvalue weighted by Gasteiger charge is 2.47. The van der Waals surface area contributed by atoms with Crippen molar-refractivity contribution in [3.8, 4) is 0 Å². The number of ether oxygens (including phenoxy) is 1. The molecule has 0 saturated heterocycles. The molecular formula is C36H53F6N3O6S2. The van der Waals surface area contributed by atoms with Crippen LogP contribution in [-0.2, 0) is 43.3 Å². The van der Waals surface area contributed by atoms with Crippen LogP contribution in [0.5, 0.6) is 0 Å². The van der Waals surface area contributed by atoms with Crippen molar-refractivity contribution in [1.82, 2.24) is 5.32 Å². The van der Waals surface area contributed by atoms with Crippen molar-refractivity contribution in [2.24, 2.45) is 0 Å². The third kappa shape index (κ3) is 18.1. The smallest absolute Gasteiger partial charge is 0.450 e. The minimum Gasteiger partial charge on any atom is -0.450 e. The van der Waals surface area contributed by atoms with Crippen molar-refractivity contribution in [1.29, 1.82) is 0 Å². The van der Waals surface area contributed by atoms with Gasteiger partial charge in [0.1, 0.15) is 6.54 Å². The summed E-state index contributed by atoms with van der Waals surface area (Å²) in [5.74, 6) is 0. The number of hydrogen-bond acceptors (Lipinski definition) is 6. The summed E-state index contributed by atoms with van der Waals surface area (Å²) in [6, 6.07) is 14.8. The summed E-state index contributed by atoms with van der Waals surface area (Å²) in [7, 11) is -13.4. The molecule has 1 aromatic carbocycles. The number of benzene rings is 1. The second kappa shape index (κ2) is 22.3. The fraction of sp³-hybridized carbons (Fsp3) is 0.611. The van der Waals surface area contributed by atoms with Gasteiger partial charge in [-0.25, -0.2) is 26.2 Å². The normalized spacial score (nSPS) is 12.5. The molecule has 1 aromatic heterocycles. The van der Waals surface area contributed by atoms with Gasteiger partial charge in [-0.3, -0.25) is 0 Å². The van der Waals surface area contributed by atoms with Gasteiger partial charge < -0.3 is 14.2 Å². The van der Waals surface area contributed by atoms with E-state index in [4.69, 9.17) is 4.74 Å². The molecule has 0 atom stereocenters. The molecule has 1 amide bonds. The number of rotatable bonds is 21. The first-order valence-corrected chi connectivity index (χ1v) is 20.5. The molecule has 0 fully saturated rings. The van der Waals surface area contributed by atoms with Crippen LogP contribution in [0.1, 0.15) is 122 Å². The molecule has 302 valence electrons. The Morgan fingerprint density at radius 3 is 1.89 bits per heavy atom. The van der Waals surface area contributed by atoms with Crippen molar-refractivity contribution in [2.45, 2.75) is 134 Å². The van der Waals surface area contributed by atoms with Gasteiger partial charge in [-0.1, -0.05) is 94.7 Å². The molecular weight excluding hydrogens is 749 g/mol. The lowest BCUT2D eigenvalue weighted by Crippen LogP contribution is -2.41. The highest BCUT2D eigenvalue weighted by Crippen LogP contribution is 2.36. The van der Waals surface area contributed by atoms with Crippen LogP contribution >= 0.6 is 0 Å². The first kappa shape index (κ1) is 47.8. The number of alkyl carbamates (subject to hydrolysis) is 1. The van der Waals surface area contributed by atoms with Crippen LogP contribution in [0.25, 0.3) is 9.70 Å². The van der Waals surface area contributed by atoms with Crippen LogP contribution in [0.15, 0.2) is 55.2 Å². The zero-order valence-corrected chi connectivity index (χ0v) is 32.5. The summed E-state index contributed by atoms with van der Waals surface area (Å²) in [6.07, 6.45) is 18.0. The number of pyridine rings is 1. The summed E-state index contributed by atoms with van der Waals surface area (Å²) >= 11 is 0. The topological polar surface area (TPSA) is 125 Å². The van der Waals surface area contributed by atoms with E-state index in [1.165, 1.54) is 76.3 Å². The quantitative estimate of drug-likeness (QED) is 0.0762. The number of carbonyl (C=O) groups is 1. The van der Waals surface area contributed by atoms with Crippen LogP contribution in [-0.4, -0.2) is 40.6 Å². The Balaban J connectivity index is 0.000000787. The van der Waals surface area contributed by atoms with Crippen molar-refractivity contribution >= 4 is 31.7 Å². The molecule has 53 heavy (non-hydrogen) atoms. The Bertz CT molecular complexity index is 1610. The van der Waals surface area contributed by atoms with Crippen LogP contribution in [0.4, 0.5) is 31.1 Å². The largest absolute Gasteiger partial charge is 0.480 e. The van der Waals surface area contributed by atoms with Gasteiger partial charge in [0.05, 0.1) is 12.1 Å². The van der Waals surface area contributed by atoms with E-state index in [1.807, 2.05) is 39.0 Å². The molecule has 2 rings (SSSR count). The summed E-state index contributed by atoms with van der Waals surface area (Å²) in [5.41, 5.74) is -8.28. The number of unbranched alkanes of at least 4 members (excludes halogenated alkanes) is 10. The summed E-state index contributed by atoms with van der Waals surface area (Å²) in [6.45, 7) is 13.9. The van der Waals surface area contributed by atoms with Crippen LogP contribution in [0, 0.1) is 0 Å². The summed E-state index contributed by atoms with van der Waals surface area (Å²) in [4.78, 5) is 12.3. The maximum atomic E-state index is 12.3. The van der Waals surface area contributed by atoms with Gasteiger partial charge in [-0.15, -0.1) is 0 Å². The Kier molecular flexibility index (Phi) is 20.1. The number of hydrogen-bond donors (Lipinski definition) is 1. The van der Waals surface area contributed by atoms with Gasteiger partial charge >= 0.3 is 17.1 Å². The molecule has 0 saturated carbocycles. The maximum absolute atomic E-state index is 12.3. The van der Waals surface area contributed by atoms with Gasteiger partial charge in [0.2, 0.25) is 0 Å². The number of aryl methyl sites for hydroxylation is 2. The van der Waals surface area contributed by atoms with Crippen LogP contribution in [0.2, 0.25) is 0 Å². The van der Waals surface area contributed by atoms with Crippen molar-refractivity contribution < 1.29 is 57.3 Å². The first-order chi connectivity index (χ1) is 24.5. The number of aromatic nitrogens is 1. The highest BCUT2D eigenvalue weighted by molar-refractivity contribution is 8.13. The number of nitrogens with one attached hydrogen (secondary N) is 1. The number of alkyl halides is 6. The minimum atomic E-state index is -6.72. The van der Waals surface area contributed by atoms with E-state index in [-0.39, 0.29) is 6.09 Å². The number of halogens is 6. The highest BCUT2D eigenvalue weighted by atomic mass is 32.3. The van der Waals surface area contributed by atoms with E-state index in [1.54, 1.807) is 0 Å². The van der Waals surface area contributed by atoms with Crippen molar-refractivity contribution in [2.75, 3.05) is 6.61 Å². The van der Waals surface area contributed by atoms with E-state index >= 15 is 0 Å². The second-order valence-electron chi connectivity index (χ2n) is 13.2.